The van der Waals surface area contributed by atoms with Gasteiger partial charge in [0.15, 0.2) is 0 Å². The highest BCUT2D eigenvalue weighted by Crippen LogP contribution is 2.31. The molecule has 0 amide bonds. The number of hydrogen-bond donors (Lipinski definition) is 1. The summed E-state index contributed by atoms with van der Waals surface area (Å²) in [6.07, 6.45) is -1.16. The van der Waals surface area contributed by atoms with Crippen LogP contribution in [-0.2, 0) is 0 Å². The summed E-state index contributed by atoms with van der Waals surface area (Å²) in [5.41, 5.74) is 0.511. The average molecular weight is 329 g/mol. The molecule has 0 spiro atoms. The minimum atomic E-state index is -1.16. The maximum atomic E-state index is 13.6. The van der Waals surface area contributed by atoms with E-state index in [4.69, 9.17) is 4.74 Å². The van der Waals surface area contributed by atoms with Crippen molar-refractivity contribution < 1.29 is 18.6 Å². The second kappa shape index (κ2) is 5.67. The predicted molar refractivity (Wildman–Crippen MR) is 71.1 cm³/mol. The lowest BCUT2D eigenvalue weighted by atomic mass is 10.0. The molecule has 0 aliphatic heterocycles. The van der Waals surface area contributed by atoms with Crippen molar-refractivity contribution in [2.75, 3.05) is 7.11 Å². The van der Waals surface area contributed by atoms with Crippen molar-refractivity contribution in [3.8, 4) is 5.75 Å². The molecule has 0 aliphatic carbocycles. The third-order valence-electron chi connectivity index (χ3n) is 2.75. The first-order valence-corrected chi connectivity index (χ1v) is 6.28. The van der Waals surface area contributed by atoms with E-state index in [-0.39, 0.29) is 5.56 Å². The number of benzene rings is 2. The summed E-state index contributed by atoms with van der Waals surface area (Å²) in [5, 5.41) is 10.1. The van der Waals surface area contributed by atoms with Crippen molar-refractivity contribution in [3.05, 3.63) is 63.6 Å². The highest BCUT2D eigenvalue weighted by Gasteiger charge is 2.16. The number of halogens is 3. The number of rotatable bonds is 3. The molecule has 0 saturated carbocycles. The van der Waals surface area contributed by atoms with E-state index in [1.807, 2.05) is 0 Å². The molecule has 2 aromatic carbocycles. The van der Waals surface area contributed by atoms with Gasteiger partial charge < -0.3 is 9.84 Å². The van der Waals surface area contributed by atoms with Crippen molar-refractivity contribution in [1.29, 1.82) is 0 Å². The van der Waals surface area contributed by atoms with Gasteiger partial charge in [0, 0.05) is 11.6 Å². The van der Waals surface area contributed by atoms with E-state index >= 15 is 0 Å². The van der Waals surface area contributed by atoms with E-state index in [0.717, 1.165) is 12.1 Å². The molecule has 1 N–H and O–H groups in total. The Bertz CT molecular complexity index is 602. The first-order valence-electron chi connectivity index (χ1n) is 5.49. The second-order valence-electron chi connectivity index (χ2n) is 3.96. The SMILES string of the molecule is COc1ccc(C(O)c2ccc(F)cc2F)cc1Br. The van der Waals surface area contributed by atoms with E-state index in [9.17, 15) is 13.9 Å². The van der Waals surface area contributed by atoms with Crippen LogP contribution in [0.2, 0.25) is 0 Å². The molecule has 0 bridgehead atoms. The molecule has 5 heteroatoms. The summed E-state index contributed by atoms with van der Waals surface area (Å²) >= 11 is 3.29. The Morgan fingerprint density at radius 3 is 2.47 bits per heavy atom. The van der Waals surface area contributed by atoms with Gasteiger partial charge in [0.1, 0.15) is 23.5 Å². The van der Waals surface area contributed by atoms with Crippen LogP contribution in [0.15, 0.2) is 40.9 Å². The monoisotopic (exact) mass is 328 g/mol. The van der Waals surface area contributed by atoms with Gasteiger partial charge in [0.25, 0.3) is 0 Å². The maximum absolute atomic E-state index is 13.6. The molecule has 1 atom stereocenters. The quantitative estimate of drug-likeness (QED) is 0.928. The minimum Gasteiger partial charge on any atom is -0.496 e. The number of ether oxygens (including phenoxy) is 1. The van der Waals surface area contributed by atoms with Crippen LogP contribution in [0.25, 0.3) is 0 Å². The molecule has 0 radical (unpaired) electrons. The van der Waals surface area contributed by atoms with E-state index in [0.29, 0.717) is 15.8 Å². The van der Waals surface area contributed by atoms with Gasteiger partial charge in [-0.15, -0.1) is 0 Å². The van der Waals surface area contributed by atoms with Gasteiger partial charge in [0.2, 0.25) is 0 Å². The summed E-state index contributed by atoms with van der Waals surface area (Å²) in [6, 6.07) is 8.00. The topological polar surface area (TPSA) is 29.5 Å². The molecule has 19 heavy (non-hydrogen) atoms. The number of hydrogen-bond acceptors (Lipinski definition) is 2. The van der Waals surface area contributed by atoms with Crippen LogP contribution in [0.5, 0.6) is 5.75 Å². The Kier molecular flexibility index (Phi) is 4.17. The standard InChI is InChI=1S/C14H11BrF2O2/c1-19-13-5-2-8(6-11(13)15)14(18)10-4-3-9(16)7-12(10)17/h2-7,14,18H,1H3. The lowest BCUT2D eigenvalue weighted by Crippen LogP contribution is -2.03. The fourth-order valence-corrected chi connectivity index (χ4v) is 2.31. The van der Waals surface area contributed by atoms with Gasteiger partial charge in [-0.05, 0) is 39.7 Å². The third kappa shape index (κ3) is 2.93. The Hall–Kier alpha value is -1.46. The highest BCUT2D eigenvalue weighted by molar-refractivity contribution is 9.10. The van der Waals surface area contributed by atoms with Gasteiger partial charge in [-0.25, -0.2) is 8.78 Å². The fourth-order valence-electron chi connectivity index (χ4n) is 1.76. The minimum absolute atomic E-state index is 0.0264. The van der Waals surface area contributed by atoms with Gasteiger partial charge in [-0.2, -0.15) is 0 Å². The molecule has 0 fully saturated rings. The molecule has 0 aliphatic rings. The normalized spacial score (nSPS) is 12.3. The van der Waals surface area contributed by atoms with Gasteiger partial charge in [0.05, 0.1) is 11.6 Å². The van der Waals surface area contributed by atoms with E-state index in [1.54, 1.807) is 18.2 Å². The lowest BCUT2D eigenvalue weighted by Gasteiger charge is -2.14. The van der Waals surface area contributed by atoms with Gasteiger partial charge >= 0.3 is 0 Å². The molecule has 100 valence electrons. The Labute approximate surface area is 117 Å². The first kappa shape index (κ1) is 14.0. The second-order valence-corrected chi connectivity index (χ2v) is 4.82. The van der Waals surface area contributed by atoms with Crippen LogP contribution < -0.4 is 4.74 Å². The van der Waals surface area contributed by atoms with E-state index < -0.39 is 17.7 Å². The van der Waals surface area contributed by atoms with Crippen LogP contribution in [0.4, 0.5) is 8.78 Å². The van der Waals surface area contributed by atoms with Crippen molar-refractivity contribution in [1.82, 2.24) is 0 Å². The molecular weight excluding hydrogens is 318 g/mol. The van der Waals surface area contributed by atoms with Gasteiger partial charge in [-0.1, -0.05) is 12.1 Å². The highest BCUT2D eigenvalue weighted by atomic mass is 79.9. The van der Waals surface area contributed by atoms with Crippen LogP contribution in [0.1, 0.15) is 17.2 Å². The molecule has 1 unspecified atom stereocenters. The Morgan fingerprint density at radius 2 is 1.89 bits per heavy atom. The zero-order valence-electron chi connectivity index (χ0n) is 10.0. The number of aliphatic hydroxyl groups is 1. The molecule has 2 nitrogen and oxygen atoms in total. The molecule has 2 rings (SSSR count). The molecular formula is C14H11BrF2O2. The summed E-state index contributed by atoms with van der Waals surface area (Å²) in [5.74, 6) is -0.848. The molecule has 0 saturated heterocycles. The number of methoxy groups -OCH3 is 1. The van der Waals surface area contributed by atoms with Crippen molar-refractivity contribution in [2.24, 2.45) is 0 Å². The zero-order chi connectivity index (χ0) is 14.0. The molecule has 2 aromatic rings. The number of aliphatic hydroxyl groups excluding tert-OH is 1. The Balaban J connectivity index is 2.38. The van der Waals surface area contributed by atoms with Gasteiger partial charge in [-0.3, -0.25) is 0 Å². The Morgan fingerprint density at radius 1 is 1.16 bits per heavy atom. The van der Waals surface area contributed by atoms with Crippen LogP contribution in [0.3, 0.4) is 0 Å². The largest absolute Gasteiger partial charge is 0.496 e. The summed E-state index contributed by atoms with van der Waals surface area (Å²) in [4.78, 5) is 0. The van der Waals surface area contributed by atoms with Crippen molar-refractivity contribution in [3.63, 3.8) is 0 Å². The van der Waals surface area contributed by atoms with E-state index in [1.165, 1.54) is 13.2 Å². The maximum Gasteiger partial charge on any atom is 0.133 e. The summed E-state index contributed by atoms with van der Waals surface area (Å²) in [6.45, 7) is 0. The van der Waals surface area contributed by atoms with Crippen molar-refractivity contribution >= 4 is 15.9 Å². The lowest BCUT2D eigenvalue weighted by molar-refractivity contribution is 0.214. The van der Waals surface area contributed by atoms with Crippen LogP contribution in [0, 0.1) is 11.6 Å². The van der Waals surface area contributed by atoms with Crippen LogP contribution >= 0.6 is 15.9 Å². The summed E-state index contributed by atoms with van der Waals surface area (Å²) < 4.78 is 32.1. The van der Waals surface area contributed by atoms with E-state index in [2.05, 4.69) is 15.9 Å². The smallest absolute Gasteiger partial charge is 0.133 e. The molecule has 0 heterocycles. The average Bonchev–Trinajstić information content (AvgIpc) is 2.38. The molecule has 0 aromatic heterocycles. The fraction of sp³-hybridized carbons (Fsp3) is 0.143. The predicted octanol–water partition coefficient (Wildman–Crippen LogP) is 3.82. The van der Waals surface area contributed by atoms with Crippen LogP contribution in [-0.4, -0.2) is 12.2 Å². The zero-order valence-corrected chi connectivity index (χ0v) is 11.6. The first-order chi connectivity index (χ1) is 9.02. The third-order valence-corrected chi connectivity index (χ3v) is 3.37. The summed E-state index contributed by atoms with van der Waals surface area (Å²) in [7, 11) is 1.52. The van der Waals surface area contributed by atoms with Crippen molar-refractivity contribution in [2.45, 2.75) is 6.10 Å².